The van der Waals surface area contributed by atoms with E-state index in [0.717, 1.165) is 0 Å². The van der Waals surface area contributed by atoms with Gasteiger partial charge in [-0.2, -0.15) is 0 Å². The lowest BCUT2D eigenvalue weighted by atomic mass is 10.3. The quantitative estimate of drug-likeness (QED) is 0.112. The summed E-state index contributed by atoms with van der Waals surface area (Å²) < 4.78 is 13.3. The van der Waals surface area contributed by atoms with Crippen molar-refractivity contribution in [2.75, 3.05) is 19.8 Å². The van der Waals surface area contributed by atoms with Crippen LogP contribution in [-0.4, -0.2) is 38.2 Å². The van der Waals surface area contributed by atoms with Gasteiger partial charge in [0.25, 0.3) is 6.47 Å². The third kappa shape index (κ3) is 5.45. The number of rotatable bonds is 7. The van der Waals surface area contributed by atoms with Crippen molar-refractivity contribution in [1.29, 1.82) is 0 Å². The lowest BCUT2D eigenvalue weighted by Gasteiger charge is -2.05. The highest BCUT2D eigenvalue weighted by Crippen LogP contribution is 1.98. The second kappa shape index (κ2) is 7.54. The van der Waals surface area contributed by atoms with Gasteiger partial charge in [-0.1, -0.05) is 6.58 Å². The molecule has 0 N–H and O–H groups in total. The zero-order chi connectivity index (χ0) is 11.7. The van der Waals surface area contributed by atoms with Crippen LogP contribution < -0.4 is 0 Å². The lowest BCUT2D eigenvalue weighted by molar-refractivity contribution is -0.149. The molecule has 0 aromatic carbocycles. The summed E-state index contributed by atoms with van der Waals surface area (Å²) in [5, 5.41) is 0. The Kier molecular flexibility index (Phi) is 6.61. The van der Waals surface area contributed by atoms with Crippen molar-refractivity contribution in [1.82, 2.24) is 0 Å². The molecule has 0 heterocycles. The van der Waals surface area contributed by atoms with Crippen molar-refractivity contribution >= 4 is 18.4 Å². The molecule has 0 aromatic rings. The third-order valence-corrected chi connectivity index (χ3v) is 1.27. The van der Waals surface area contributed by atoms with E-state index < -0.39 is 11.9 Å². The molecular formula is C9H12O6. The van der Waals surface area contributed by atoms with Gasteiger partial charge in [-0.15, -0.1) is 0 Å². The fourth-order valence-electron chi connectivity index (χ4n) is 0.619. The monoisotopic (exact) mass is 216 g/mol. The maximum Gasteiger partial charge on any atom is 0.345 e. The number of carbonyl (C=O) groups is 3. The van der Waals surface area contributed by atoms with Crippen LogP contribution in [0.15, 0.2) is 12.2 Å². The van der Waals surface area contributed by atoms with Crippen molar-refractivity contribution in [3.8, 4) is 0 Å². The van der Waals surface area contributed by atoms with Gasteiger partial charge in [-0.05, 0) is 6.92 Å². The largest absolute Gasteiger partial charge is 0.464 e. The van der Waals surface area contributed by atoms with E-state index in [0.29, 0.717) is 0 Å². The Balaban J connectivity index is 3.83. The van der Waals surface area contributed by atoms with E-state index in [1.807, 2.05) is 0 Å². The molecule has 15 heavy (non-hydrogen) atoms. The second-order valence-corrected chi connectivity index (χ2v) is 2.30. The number of carbonyl (C=O) groups excluding carboxylic acids is 3. The van der Waals surface area contributed by atoms with E-state index in [1.54, 1.807) is 6.92 Å². The van der Waals surface area contributed by atoms with Crippen LogP contribution in [0, 0.1) is 0 Å². The molecule has 0 radical (unpaired) electrons. The van der Waals surface area contributed by atoms with Crippen molar-refractivity contribution in [2.45, 2.75) is 6.92 Å². The molecule has 84 valence electrons. The molecule has 0 aromatic heterocycles. The van der Waals surface area contributed by atoms with Crippen LogP contribution in [0.2, 0.25) is 0 Å². The summed E-state index contributed by atoms with van der Waals surface area (Å²) in [6.45, 7) is 5.01. The maximum atomic E-state index is 11.1. The van der Waals surface area contributed by atoms with Crippen LogP contribution in [-0.2, 0) is 28.6 Å². The second-order valence-electron chi connectivity index (χ2n) is 2.30. The molecule has 0 bridgehead atoms. The first-order valence-corrected chi connectivity index (χ1v) is 4.21. The number of hydrogen-bond donors (Lipinski definition) is 0. The summed E-state index contributed by atoms with van der Waals surface area (Å²) >= 11 is 0. The van der Waals surface area contributed by atoms with Crippen molar-refractivity contribution in [3.05, 3.63) is 12.2 Å². The van der Waals surface area contributed by atoms with E-state index in [1.165, 1.54) is 0 Å². The normalized spacial score (nSPS) is 8.87. The Morgan fingerprint density at radius 2 is 1.80 bits per heavy atom. The summed E-state index contributed by atoms with van der Waals surface area (Å²) in [7, 11) is 0. The fraction of sp³-hybridized carbons (Fsp3) is 0.444. The van der Waals surface area contributed by atoms with Gasteiger partial charge >= 0.3 is 11.9 Å². The van der Waals surface area contributed by atoms with Crippen molar-refractivity contribution in [2.24, 2.45) is 0 Å². The zero-order valence-electron chi connectivity index (χ0n) is 8.36. The van der Waals surface area contributed by atoms with Gasteiger partial charge in [-0.25, -0.2) is 9.59 Å². The average molecular weight is 216 g/mol. The first-order valence-electron chi connectivity index (χ1n) is 4.21. The Hall–Kier alpha value is -1.85. The summed E-state index contributed by atoms with van der Waals surface area (Å²) in [4.78, 5) is 31.7. The van der Waals surface area contributed by atoms with Gasteiger partial charge in [0.05, 0.1) is 6.61 Å². The van der Waals surface area contributed by atoms with E-state index in [4.69, 9.17) is 0 Å². The molecule has 0 fully saturated rings. The van der Waals surface area contributed by atoms with E-state index >= 15 is 0 Å². The molecule has 0 unspecified atom stereocenters. The number of esters is 2. The van der Waals surface area contributed by atoms with Crippen LogP contribution in [0.5, 0.6) is 0 Å². The summed E-state index contributed by atoms with van der Waals surface area (Å²) in [5.74, 6) is -1.71. The molecule has 0 aliphatic rings. The minimum absolute atomic E-state index is 0.0641. The van der Waals surface area contributed by atoms with Crippen LogP contribution in [0.1, 0.15) is 6.92 Å². The zero-order valence-corrected chi connectivity index (χ0v) is 8.36. The molecule has 0 aliphatic heterocycles. The average Bonchev–Trinajstić information content (AvgIpc) is 2.23. The van der Waals surface area contributed by atoms with Crippen molar-refractivity contribution in [3.63, 3.8) is 0 Å². The number of hydrogen-bond acceptors (Lipinski definition) is 6. The first kappa shape index (κ1) is 13.2. The highest BCUT2D eigenvalue weighted by molar-refractivity contribution is 6.13. The fourth-order valence-corrected chi connectivity index (χ4v) is 0.619. The highest BCUT2D eigenvalue weighted by atomic mass is 16.6. The van der Waals surface area contributed by atoms with Gasteiger partial charge in [0.15, 0.2) is 0 Å². The van der Waals surface area contributed by atoms with Crippen LogP contribution in [0.4, 0.5) is 0 Å². The molecule has 0 aliphatic carbocycles. The molecule has 0 saturated heterocycles. The topological polar surface area (TPSA) is 78.9 Å². The van der Waals surface area contributed by atoms with Crippen molar-refractivity contribution < 1.29 is 28.6 Å². The molecule has 6 heteroatoms. The molecule has 0 amide bonds. The smallest absolute Gasteiger partial charge is 0.345 e. The van der Waals surface area contributed by atoms with E-state index in [9.17, 15) is 14.4 Å². The molecule has 0 rings (SSSR count). The SMILES string of the molecule is C=C(C(=O)OCC)C(=O)OCCOC=O. The van der Waals surface area contributed by atoms with E-state index in [-0.39, 0.29) is 31.9 Å². The Morgan fingerprint density at radius 3 is 2.33 bits per heavy atom. The Bertz CT molecular complexity index is 257. The Morgan fingerprint density at radius 1 is 1.20 bits per heavy atom. The summed E-state index contributed by atoms with van der Waals surface area (Å²) in [6, 6.07) is 0. The van der Waals surface area contributed by atoms with Crippen LogP contribution in [0.3, 0.4) is 0 Å². The molecule has 0 spiro atoms. The van der Waals surface area contributed by atoms with Crippen LogP contribution in [0.25, 0.3) is 0 Å². The minimum Gasteiger partial charge on any atom is -0.464 e. The number of ether oxygens (including phenoxy) is 3. The molecule has 0 saturated carbocycles. The van der Waals surface area contributed by atoms with E-state index in [2.05, 4.69) is 20.8 Å². The predicted molar refractivity (Wildman–Crippen MR) is 48.7 cm³/mol. The molecule has 6 nitrogen and oxygen atoms in total. The standard InChI is InChI=1S/C9H12O6/c1-3-14-8(11)7(2)9(12)15-5-4-13-6-10/h6H,2-5H2,1H3. The lowest BCUT2D eigenvalue weighted by Crippen LogP contribution is -2.19. The molecule has 0 atom stereocenters. The van der Waals surface area contributed by atoms with Gasteiger partial charge in [0.1, 0.15) is 18.8 Å². The summed E-state index contributed by atoms with van der Waals surface area (Å²) in [5.41, 5.74) is -0.386. The summed E-state index contributed by atoms with van der Waals surface area (Å²) in [6.07, 6.45) is 0. The van der Waals surface area contributed by atoms with Gasteiger partial charge in [-0.3, -0.25) is 4.79 Å². The highest BCUT2D eigenvalue weighted by Gasteiger charge is 2.17. The van der Waals surface area contributed by atoms with Gasteiger partial charge < -0.3 is 14.2 Å². The minimum atomic E-state index is -0.886. The maximum absolute atomic E-state index is 11.1. The molecular weight excluding hydrogens is 204 g/mol. The van der Waals surface area contributed by atoms with Gasteiger partial charge in [0, 0.05) is 0 Å². The van der Waals surface area contributed by atoms with Gasteiger partial charge in [0.2, 0.25) is 0 Å². The third-order valence-electron chi connectivity index (χ3n) is 1.27. The Labute approximate surface area is 86.8 Å². The van der Waals surface area contributed by atoms with Crippen LogP contribution >= 0.6 is 0 Å². The predicted octanol–water partition coefficient (Wildman–Crippen LogP) is -0.178. The first-order chi connectivity index (χ1) is 7.13.